The first kappa shape index (κ1) is 19.9. The lowest BCUT2D eigenvalue weighted by molar-refractivity contribution is 0.355. The molecule has 0 atom stereocenters. The summed E-state index contributed by atoms with van der Waals surface area (Å²) < 4.78 is 15.7. The van der Waals surface area contributed by atoms with E-state index in [0.717, 1.165) is 17.0 Å². The zero-order chi connectivity index (χ0) is 16.7. The molecule has 6 nitrogen and oxygen atoms in total. The molecular formula is C17H22IN3O3. The number of nitrogens with two attached hydrogens (primary N) is 1. The second-order valence-electron chi connectivity index (χ2n) is 4.71. The van der Waals surface area contributed by atoms with Gasteiger partial charge < -0.3 is 25.3 Å². The van der Waals surface area contributed by atoms with Crippen molar-refractivity contribution in [1.82, 2.24) is 0 Å². The largest absolute Gasteiger partial charge is 0.496 e. The van der Waals surface area contributed by atoms with Gasteiger partial charge in [0.25, 0.3) is 0 Å². The lowest BCUT2D eigenvalue weighted by atomic mass is 10.2. The van der Waals surface area contributed by atoms with Gasteiger partial charge in [-0.1, -0.05) is 18.2 Å². The molecular weight excluding hydrogens is 421 g/mol. The standard InChI is InChI=1S/C17H21N3O3.HI/c1-21-14-7-5-4-6-12(14)11-19-17(18)20-13-8-9-15(22-2)16(10-13)23-3;/h4-10H,11H2,1-3H3,(H3,18,19,20);1H. The summed E-state index contributed by atoms with van der Waals surface area (Å²) in [6, 6.07) is 13.1. The maximum Gasteiger partial charge on any atom is 0.193 e. The van der Waals surface area contributed by atoms with Gasteiger partial charge >= 0.3 is 0 Å². The second kappa shape index (κ2) is 9.86. The third-order valence-electron chi connectivity index (χ3n) is 3.27. The minimum absolute atomic E-state index is 0. The highest BCUT2D eigenvalue weighted by atomic mass is 127. The maximum absolute atomic E-state index is 5.93. The molecule has 3 N–H and O–H groups in total. The van der Waals surface area contributed by atoms with Gasteiger partial charge in [-0.15, -0.1) is 24.0 Å². The molecule has 2 rings (SSSR count). The van der Waals surface area contributed by atoms with Crippen molar-refractivity contribution >= 4 is 35.6 Å². The number of rotatable bonds is 6. The van der Waals surface area contributed by atoms with Gasteiger partial charge in [0.2, 0.25) is 0 Å². The van der Waals surface area contributed by atoms with Crippen molar-refractivity contribution in [2.24, 2.45) is 10.7 Å². The second-order valence-corrected chi connectivity index (χ2v) is 4.71. The molecule has 0 unspecified atom stereocenters. The smallest absolute Gasteiger partial charge is 0.193 e. The Morgan fingerprint density at radius 2 is 1.62 bits per heavy atom. The summed E-state index contributed by atoms with van der Waals surface area (Å²) in [5.41, 5.74) is 7.67. The summed E-state index contributed by atoms with van der Waals surface area (Å²) in [7, 11) is 4.81. The number of nitrogens with one attached hydrogen (secondary N) is 1. The van der Waals surface area contributed by atoms with Crippen LogP contribution in [0.25, 0.3) is 0 Å². The maximum atomic E-state index is 5.93. The number of halogens is 1. The van der Waals surface area contributed by atoms with Crippen molar-refractivity contribution in [3.63, 3.8) is 0 Å². The van der Waals surface area contributed by atoms with Crippen LogP contribution in [0.5, 0.6) is 17.2 Å². The molecule has 2 aromatic rings. The Labute approximate surface area is 159 Å². The molecule has 0 bridgehead atoms. The Hall–Kier alpha value is -2.16. The zero-order valence-electron chi connectivity index (χ0n) is 13.9. The highest BCUT2D eigenvalue weighted by Crippen LogP contribution is 2.29. The topological polar surface area (TPSA) is 78.1 Å². The third-order valence-corrected chi connectivity index (χ3v) is 3.27. The van der Waals surface area contributed by atoms with Crippen LogP contribution in [0, 0.1) is 0 Å². The van der Waals surface area contributed by atoms with Crippen LogP contribution >= 0.6 is 24.0 Å². The van der Waals surface area contributed by atoms with E-state index in [1.807, 2.05) is 30.3 Å². The van der Waals surface area contributed by atoms with Crippen molar-refractivity contribution in [2.75, 3.05) is 26.6 Å². The Bertz CT molecular complexity index is 693. The third kappa shape index (κ3) is 5.19. The van der Waals surface area contributed by atoms with Gasteiger partial charge in [0.15, 0.2) is 17.5 Å². The monoisotopic (exact) mass is 443 g/mol. The van der Waals surface area contributed by atoms with Gasteiger partial charge in [0.1, 0.15) is 5.75 Å². The Morgan fingerprint density at radius 3 is 2.29 bits per heavy atom. The molecule has 0 aliphatic carbocycles. The first-order valence-electron chi connectivity index (χ1n) is 7.08. The number of nitrogens with zero attached hydrogens (tertiary/aromatic N) is 1. The average molecular weight is 443 g/mol. The molecule has 0 radical (unpaired) electrons. The number of anilines is 1. The predicted octanol–water partition coefficient (Wildman–Crippen LogP) is 3.26. The van der Waals surface area contributed by atoms with Gasteiger partial charge in [-0.2, -0.15) is 0 Å². The van der Waals surface area contributed by atoms with Crippen LogP contribution in [0.15, 0.2) is 47.5 Å². The van der Waals surface area contributed by atoms with Crippen molar-refractivity contribution in [1.29, 1.82) is 0 Å². The Morgan fingerprint density at radius 1 is 0.958 bits per heavy atom. The first-order valence-corrected chi connectivity index (χ1v) is 7.08. The van der Waals surface area contributed by atoms with Crippen LogP contribution in [0.3, 0.4) is 0 Å². The quantitative estimate of drug-likeness (QED) is 0.407. The molecule has 2 aromatic carbocycles. The molecule has 0 amide bonds. The van der Waals surface area contributed by atoms with Crippen molar-refractivity contribution < 1.29 is 14.2 Å². The zero-order valence-corrected chi connectivity index (χ0v) is 16.2. The first-order chi connectivity index (χ1) is 11.2. The van der Waals surface area contributed by atoms with Crippen LogP contribution in [-0.2, 0) is 6.54 Å². The predicted molar refractivity (Wildman–Crippen MR) is 107 cm³/mol. The van der Waals surface area contributed by atoms with E-state index in [4.69, 9.17) is 19.9 Å². The van der Waals surface area contributed by atoms with Crippen molar-refractivity contribution in [3.8, 4) is 17.2 Å². The number of methoxy groups -OCH3 is 3. The van der Waals surface area contributed by atoms with Gasteiger partial charge in [0.05, 0.1) is 27.9 Å². The van der Waals surface area contributed by atoms with E-state index in [9.17, 15) is 0 Å². The molecule has 0 fully saturated rings. The fraction of sp³-hybridized carbons (Fsp3) is 0.235. The molecule has 0 aliphatic heterocycles. The average Bonchev–Trinajstić information content (AvgIpc) is 2.60. The van der Waals surface area contributed by atoms with Gasteiger partial charge in [-0.05, 0) is 18.2 Å². The molecule has 0 heterocycles. The van der Waals surface area contributed by atoms with Crippen LogP contribution < -0.4 is 25.3 Å². The number of guanidine groups is 1. The van der Waals surface area contributed by atoms with Crippen LogP contribution in [0.4, 0.5) is 5.69 Å². The van der Waals surface area contributed by atoms with Gasteiger partial charge in [0, 0.05) is 17.3 Å². The normalized spacial score (nSPS) is 10.5. The van der Waals surface area contributed by atoms with Crippen LogP contribution in [0.1, 0.15) is 5.56 Å². The number of hydrogen-bond acceptors (Lipinski definition) is 4. The summed E-state index contributed by atoms with van der Waals surface area (Å²) in [4.78, 5) is 4.33. The van der Waals surface area contributed by atoms with E-state index in [2.05, 4.69) is 10.3 Å². The van der Waals surface area contributed by atoms with Crippen molar-refractivity contribution in [3.05, 3.63) is 48.0 Å². The number of hydrogen-bond donors (Lipinski definition) is 2. The molecule has 130 valence electrons. The highest BCUT2D eigenvalue weighted by Gasteiger charge is 2.05. The summed E-state index contributed by atoms with van der Waals surface area (Å²) in [5, 5.41) is 3.03. The minimum Gasteiger partial charge on any atom is -0.496 e. The molecule has 0 saturated heterocycles. The molecule has 0 saturated carbocycles. The van der Waals surface area contributed by atoms with E-state index in [0.29, 0.717) is 24.0 Å². The van der Waals surface area contributed by atoms with E-state index in [1.165, 1.54) is 0 Å². The number of para-hydroxylation sites is 1. The van der Waals surface area contributed by atoms with Crippen molar-refractivity contribution in [2.45, 2.75) is 6.54 Å². The minimum atomic E-state index is 0. The molecule has 24 heavy (non-hydrogen) atoms. The number of aliphatic imine (C=N–C) groups is 1. The summed E-state index contributed by atoms with van der Waals surface area (Å²) in [6.45, 7) is 0.427. The summed E-state index contributed by atoms with van der Waals surface area (Å²) in [6.07, 6.45) is 0. The van der Waals surface area contributed by atoms with Gasteiger partial charge in [-0.3, -0.25) is 0 Å². The molecule has 0 spiro atoms. The van der Waals surface area contributed by atoms with Crippen LogP contribution in [-0.4, -0.2) is 27.3 Å². The molecule has 0 aliphatic rings. The van der Waals surface area contributed by atoms with E-state index in [1.54, 1.807) is 33.5 Å². The van der Waals surface area contributed by atoms with Crippen LogP contribution in [0.2, 0.25) is 0 Å². The highest BCUT2D eigenvalue weighted by molar-refractivity contribution is 14.0. The lowest BCUT2D eigenvalue weighted by Gasteiger charge is -2.11. The van der Waals surface area contributed by atoms with Gasteiger partial charge in [-0.25, -0.2) is 4.99 Å². The van der Waals surface area contributed by atoms with E-state index >= 15 is 0 Å². The Kier molecular flexibility index (Phi) is 8.17. The van der Waals surface area contributed by atoms with E-state index < -0.39 is 0 Å². The SMILES string of the molecule is COc1ccccc1CN=C(N)Nc1ccc(OC)c(OC)c1.I. The lowest BCUT2D eigenvalue weighted by Crippen LogP contribution is -2.22. The summed E-state index contributed by atoms with van der Waals surface area (Å²) in [5.74, 6) is 2.37. The fourth-order valence-corrected chi connectivity index (χ4v) is 2.11. The number of ether oxygens (including phenoxy) is 3. The molecule has 0 aromatic heterocycles. The molecule has 7 heteroatoms. The summed E-state index contributed by atoms with van der Waals surface area (Å²) >= 11 is 0. The Balaban J connectivity index is 0.00000288. The fourth-order valence-electron chi connectivity index (χ4n) is 2.11. The van der Waals surface area contributed by atoms with E-state index in [-0.39, 0.29) is 24.0 Å². The number of benzene rings is 2.